The normalized spacial score (nSPS) is 35.6. The first-order valence-electron chi connectivity index (χ1n) is 9.28. The fraction of sp³-hybridized carbons (Fsp3) is 0.550. The van der Waals surface area contributed by atoms with Crippen LogP contribution in [-0.4, -0.2) is 54.6 Å². The molecule has 2 aliphatic heterocycles. The van der Waals surface area contributed by atoms with E-state index in [4.69, 9.17) is 14.2 Å². The van der Waals surface area contributed by atoms with Gasteiger partial charge in [0.15, 0.2) is 11.5 Å². The summed E-state index contributed by atoms with van der Waals surface area (Å²) in [4.78, 5) is 14.4. The zero-order valence-electron chi connectivity index (χ0n) is 15.0. The number of piperidine rings is 1. The Bertz CT molecular complexity index is 806. The predicted molar refractivity (Wildman–Crippen MR) is 93.6 cm³/mol. The van der Waals surface area contributed by atoms with Crippen LogP contribution in [0.5, 0.6) is 11.5 Å². The summed E-state index contributed by atoms with van der Waals surface area (Å²) in [5.41, 5.74) is 2.05. The number of hydrogen-bond acceptors (Lipinski definition) is 5. The lowest BCUT2D eigenvalue weighted by Gasteiger charge is -2.56. The van der Waals surface area contributed by atoms with E-state index < -0.39 is 6.10 Å². The number of aliphatic hydroxyl groups excluding tert-OH is 1. The molecule has 138 valence electrons. The highest BCUT2D eigenvalue weighted by Crippen LogP contribution is 2.62. The van der Waals surface area contributed by atoms with Crippen molar-refractivity contribution in [2.75, 3.05) is 20.3 Å². The summed E-state index contributed by atoms with van der Waals surface area (Å²) in [7, 11) is 1.64. The lowest BCUT2D eigenvalue weighted by Crippen LogP contribution is -2.66. The van der Waals surface area contributed by atoms with Gasteiger partial charge in [0.1, 0.15) is 12.2 Å². The molecule has 2 heterocycles. The number of methoxy groups -OCH3 is 1. The Morgan fingerprint density at radius 1 is 1.42 bits per heavy atom. The third kappa shape index (κ3) is 1.78. The number of carbonyl (C=O) groups is 1. The molecule has 0 saturated carbocycles. The van der Waals surface area contributed by atoms with Crippen molar-refractivity contribution in [3.63, 3.8) is 0 Å². The number of carbonyl (C=O) groups excluding carboxylic acids is 1. The largest absolute Gasteiger partial charge is 0.493 e. The third-order valence-electron chi connectivity index (χ3n) is 6.58. The summed E-state index contributed by atoms with van der Waals surface area (Å²) in [5, 5.41) is 10.7. The van der Waals surface area contributed by atoms with Gasteiger partial charge in [-0.15, -0.1) is 0 Å². The maximum atomic E-state index is 12.5. The van der Waals surface area contributed by atoms with Crippen molar-refractivity contribution in [3.8, 4) is 11.5 Å². The first kappa shape index (κ1) is 16.0. The smallest absolute Gasteiger partial charge is 0.410 e. The fourth-order valence-corrected chi connectivity index (χ4v) is 5.64. The topological polar surface area (TPSA) is 68.2 Å². The molecule has 5 rings (SSSR count). The van der Waals surface area contributed by atoms with E-state index >= 15 is 0 Å². The van der Waals surface area contributed by atoms with Crippen LogP contribution in [0.1, 0.15) is 24.5 Å². The standard InChI is InChI=1S/C20H23NO5/c1-3-25-19(23)21-9-8-20-12-5-6-14(22)18(20)26-17-15(24-2)7-4-11(16(17)20)10-13(12)21/h4-7,12-14,18,22H,3,8-10H2,1-2H3/t12-,13?,14?,18-,20?/m0/s1. The van der Waals surface area contributed by atoms with Crippen LogP contribution in [0.4, 0.5) is 4.79 Å². The quantitative estimate of drug-likeness (QED) is 0.821. The Kier molecular flexibility index (Phi) is 3.32. The zero-order chi connectivity index (χ0) is 18.1. The van der Waals surface area contributed by atoms with E-state index in [0.717, 1.165) is 18.6 Å². The van der Waals surface area contributed by atoms with Gasteiger partial charge in [0.2, 0.25) is 0 Å². The maximum absolute atomic E-state index is 12.5. The van der Waals surface area contributed by atoms with Crippen LogP contribution in [0, 0.1) is 5.92 Å². The Labute approximate surface area is 152 Å². The number of hydrogen-bond donors (Lipinski definition) is 1. The Hall–Kier alpha value is -2.21. The van der Waals surface area contributed by atoms with Gasteiger partial charge < -0.3 is 24.2 Å². The van der Waals surface area contributed by atoms with E-state index in [1.807, 2.05) is 24.0 Å². The number of rotatable bonds is 2. The number of benzene rings is 1. The van der Waals surface area contributed by atoms with Crippen molar-refractivity contribution in [1.82, 2.24) is 4.90 Å². The van der Waals surface area contributed by atoms with Gasteiger partial charge in [0, 0.05) is 29.5 Å². The van der Waals surface area contributed by atoms with Gasteiger partial charge in [-0.1, -0.05) is 18.2 Å². The van der Waals surface area contributed by atoms with E-state index in [1.54, 1.807) is 7.11 Å². The molecule has 0 radical (unpaired) electrons. The highest BCUT2D eigenvalue weighted by Gasteiger charge is 2.65. The molecule has 1 N–H and O–H groups in total. The van der Waals surface area contributed by atoms with Crippen molar-refractivity contribution >= 4 is 6.09 Å². The van der Waals surface area contributed by atoms with Crippen LogP contribution in [0.2, 0.25) is 0 Å². The molecule has 3 unspecified atom stereocenters. The summed E-state index contributed by atoms with van der Waals surface area (Å²) in [5.74, 6) is 1.59. The molecule has 1 fully saturated rings. The summed E-state index contributed by atoms with van der Waals surface area (Å²) in [6.45, 7) is 2.81. The zero-order valence-corrected chi connectivity index (χ0v) is 15.0. The van der Waals surface area contributed by atoms with Gasteiger partial charge in [-0.25, -0.2) is 4.79 Å². The summed E-state index contributed by atoms with van der Waals surface area (Å²) >= 11 is 0. The second kappa shape index (κ2) is 5.39. The van der Waals surface area contributed by atoms with Crippen LogP contribution in [0.3, 0.4) is 0 Å². The summed E-state index contributed by atoms with van der Waals surface area (Å²) < 4.78 is 17.1. The molecule has 5 atom stereocenters. The van der Waals surface area contributed by atoms with Crippen LogP contribution in [-0.2, 0) is 16.6 Å². The molecule has 1 amide bonds. The highest BCUT2D eigenvalue weighted by atomic mass is 16.6. The van der Waals surface area contributed by atoms with E-state index in [0.29, 0.717) is 18.9 Å². The van der Waals surface area contributed by atoms with Gasteiger partial charge in [-0.2, -0.15) is 0 Å². The summed E-state index contributed by atoms with van der Waals surface area (Å²) in [6.07, 6.45) is 4.15. The maximum Gasteiger partial charge on any atom is 0.410 e. The molecular formula is C20H23NO5. The lowest BCUT2D eigenvalue weighted by molar-refractivity contribution is -0.0484. The number of likely N-dealkylation sites (tertiary alicyclic amines) is 1. The first-order chi connectivity index (χ1) is 12.6. The molecule has 2 bridgehead atoms. The van der Waals surface area contributed by atoms with Crippen molar-refractivity contribution in [2.24, 2.45) is 5.92 Å². The molecule has 1 aromatic rings. The van der Waals surface area contributed by atoms with E-state index in [2.05, 4.69) is 12.1 Å². The molecule has 0 aromatic heterocycles. The second-order valence-corrected chi connectivity index (χ2v) is 7.52. The fourth-order valence-electron chi connectivity index (χ4n) is 5.64. The molecule has 26 heavy (non-hydrogen) atoms. The molecule has 4 aliphatic rings. The molecule has 6 heteroatoms. The number of ether oxygens (including phenoxy) is 3. The van der Waals surface area contributed by atoms with Gasteiger partial charge in [0.25, 0.3) is 0 Å². The average Bonchev–Trinajstić information content (AvgIpc) is 2.98. The Morgan fingerprint density at radius 3 is 3.04 bits per heavy atom. The first-order valence-corrected chi connectivity index (χ1v) is 9.28. The minimum atomic E-state index is -0.663. The van der Waals surface area contributed by atoms with Crippen LogP contribution < -0.4 is 9.47 Å². The van der Waals surface area contributed by atoms with Crippen LogP contribution in [0.25, 0.3) is 0 Å². The lowest BCUT2D eigenvalue weighted by atomic mass is 9.53. The number of nitrogens with zero attached hydrogens (tertiary/aromatic N) is 1. The monoisotopic (exact) mass is 357 g/mol. The predicted octanol–water partition coefficient (Wildman–Crippen LogP) is 2.03. The van der Waals surface area contributed by atoms with Gasteiger partial charge in [-0.05, 0) is 31.4 Å². The van der Waals surface area contributed by atoms with Gasteiger partial charge >= 0.3 is 6.09 Å². The molecular weight excluding hydrogens is 334 g/mol. The van der Waals surface area contributed by atoms with E-state index in [-0.39, 0.29) is 29.6 Å². The minimum Gasteiger partial charge on any atom is -0.493 e. The van der Waals surface area contributed by atoms with Gasteiger partial charge in [0.05, 0.1) is 13.7 Å². The van der Waals surface area contributed by atoms with Crippen LogP contribution in [0.15, 0.2) is 24.3 Å². The van der Waals surface area contributed by atoms with E-state index in [9.17, 15) is 9.90 Å². The Balaban J connectivity index is 1.69. The van der Waals surface area contributed by atoms with E-state index in [1.165, 1.54) is 11.1 Å². The molecule has 6 nitrogen and oxygen atoms in total. The molecule has 2 aliphatic carbocycles. The third-order valence-corrected chi connectivity index (χ3v) is 6.58. The van der Waals surface area contributed by atoms with Crippen molar-refractivity contribution in [2.45, 2.75) is 43.4 Å². The number of amides is 1. The van der Waals surface area contributed by atoms with Crippen molar-refractivity contribution in [1.29, 1.82) is 0 Å². The molecule has 1 aromatic carbocycles. The molecule has 1 saturated heterocycles. The van der Waals surface area contributed by atoms with Gasteiger partial charge in [-0.3, -0.25) is 0 Å². The number of aliphatic hydroxyl groups is 1. The van der Waals surface area contributed by atoms with Crippen molar-refractivity contribution < 1.29 is 24.1 Å². The SMILES string of the molecule is CCOC(=O)N1CCC23c4c5ccc(OC)c4O[C@H]2C(O)C=C[C@H]3C1C5. The summed E-state index contributed by atoms with van der Waals surface area (Å²) in [6, 6.07) is 4.02. The average molecular weight is 357 g/mol. The minimum absolute atomic E-state index is 0.0181. The second-order valence-electron chi connectivity index (χ2n) is 7.52. The highest BCUT2D eigenvalue weighted by molar-refractivity contribution is 5.70. The van der Waals surface area contributed by atoms with Crippen molar-refractivity contribution in [3.05, 3.63) is 35.4 Å². The molecule has 1 spiro atoms. The van der Waals surface area contributed by atoms with Crippen LogP contribution >= 0.6 is 0 Å². The Morgan fingerprint density at radius 2 is 2.27 bits per heavy atom.